The molecule has 0 aromatic heterocycles. The summed E-state index contributed by atoms with van der Waals surface area (Å²) in [6.45, 7) is 1.88. The maximum atomic E-state index is 13.3. The Morgan fingerprint density at radius 3 is 1.87 bits per heavy atom. The molecule has 10 heteroatoms. The summed E-state index contributed by atoms with van der Waals surface area (Å²) >= 11 is 17.9. The molecule has 1 N–H and O–H groups in total. The minimum atomic E-state index is -0.624. The van der Waals surface area contributed by atoms with E-state index in [-0.39, 0.29) is 29.8 Å². The van der Waals surface area contributed by atoms with Crippen LogP contribution in [-0.2, 0) is 9.59 Å². The van der Waals surface area contributed by atoms with E-state index in [1.54, 1.807) is 47.4 Å². The Kier molecular flexibility index (Phi) is 9.88. The number of rotatable bonds is 5. The smallest absolute Gasteiger partial charge is 0.275 e. The summed E-state index contributed by atoms with van der Waals surface area (Å²) in [7, 11) is 0. The van der Waals surface area contributed by atoms with Crippen LogP contribution < -0.4 is 5.32 Å². The number of ketones is 1. The largest absolute Gasteiger partial charge is 0.326 e. The van der Waals surface area contributed by atoms with E-state index < -0.39 is 5.66 Å². The lowest BCUT2D eigenvalue weighted by molar-refractivity contribution is -0.128. The molecule has 0 saturated heterocycles. The second-order valence-corrected chi connectivity index (χ2v) is 14.1. The first-order valence-corrected chi connectivity index (χ1v) is 17.4. The van der Waals surface area contributed by atoms with Crippen molar-refractivity contribution < 1.29 is 14.4 Å². The van der Waals surface area contributed by atoms with Crippen molar-refractivity contribution in [2.24, 2.45) is 9.98 Å². The molecule has 2 spiro atoms. The fourth-order valence-electron chi connectivity index (χ4n) is 6.94. The van der Waals surface area contributed by atoms with Crippen molar-refractivity contribution in [3.05, 3.63) is 104 Å². The lowest BCUT2D eigenvalue weighted by Crippen LogP contribution is -2.50. The van der Waals surface area contributed by atoms with Crippen LogP contribution in [0.5, 0.6) is 0 Å². The number of amides is 2. The summed E-state index contributed by atoms with van der Waals surface area (Å²) in [5, 5.41) is 4.96. The van der Waals surface area contributed by atoms with Crippen LogP contribution >= 0.6 is 34.8 Å². The van der Waals surface area contributed by atoms with E-state index in [1.807, 2.05) is 31.2 Å². The first-order valence-electron chi connectivity index (χ1n) is 16.2. The van der Waals surface area contributed by atoms with Crippen LogP contribution in [0, 0.1) is 6.92 Å². The van der Waals surface area contributed by atoms with E-state index in [0.29, 0.717) is 32.1 Å². The van der Waals surface area contributed by atoms with Crippen molar-refractivity contribution in [2.75, 3.05) is 6.54 Å². The van der Waals surface area contributed by atoms with Gasteiger partial charge in [-0.1, -0.05) is 71.9 Å². The molecule has 0 radical (unpaired) electrons. The Hall–Kier alpha value is -3.52. The van der Waals surface area contributed by atoms with Crippen molar-refractivity contribution in [3.63, 3.8) is 0 Å². The Morgan fingerprint density at radius 1 is 0.745 bits per heavy atom. The summed E-state index contributed by atoms with van der Waals surface area (Å²) < 4.78 is 0. The maximum absolute atomic E-state index is 13.3. The number of nitrogens with one attached hydrogen (secondary N) is 1. The Balaban J connectivity index is 0.000000183. The summed E-state index contributed by atoms with van der Waals surface area (Å²) in [5.74, 6) is -0.344. The second-order valence-electron chi connectivity index (χ2n) is 12.8. The van der Waals surface area contributed by atoms with Crippen molar-refractivity contribution in [1.29, 1.82) is 0 Å². The molecule has 0 unspecified atom stereocenters. The number of benzene rings is 3. The van der Waals surface area contributed by atoms with Gasteiger partial charge in [-0.25, -0.2) is 0 Å². The minimum absolute atomic E-state index is 0.0144. The fraction of sp³-hybridized carbons (Fsp3) is 0.378. The molecule has 2 fully saturated rings. The van der Waals surface area contributed by atoms with Crippen molar-refractivity contribution in [3.8, 4) is 0 Å². The van der Waals surface area contributed by atoms with Gasteiger partial charge in [-0.05, 0) is 106 Å². The first-order chi connectivity index (χ1) is 22.6. The van der Waals surface area contributed by atoms with Gasteiger partial charge in [0, 0.05) is 31.8 Å². The molecule has 2 aliphatic heterocycles. The van der Waals surface area contributed by atoms with Gasteiger partial charge >= 0.3 is 0 Å². The highest BCUT2D eigenvalue weighted by Gasteiger charge is 2.48. The van der Waals surface area contributed by atoms with Gasteiger partial charge in [0.05, 0.1) is 6.54 Å². The van der Waals surface area contributed by atoms with Gasteiger partial charge in [0.1, 0.15) is 22.7 Å². The SMILES string of the molecule is Cc1cc(C(=O)CN2C(=O)C(c3ccc(Cl)cc3)=NC23CCCCC3)ccc1Cl.O=C1NC2(CCCCC2)N=C1c1ccc(Cl)cc1. The molecule has 0 bridgehead atoms. The molecule has 2 saturated carbocycles. The third-order valence-corrected chi connectivity index (χ3v) is 10.4. The van der Waals surface area contributed by atoms with E-state index in [4.69, 9.17) is 39.8 Å². The molecule has 2 aliphatic carbocycles. The molecular weight excluding hydrogens is 655 g/mol. The predicted molar refractivity (Wildman–Crippen MR) is 188 cm³/mol. The zero-order chi connectivity index (χ0) is 33.2. The summed E-state index contributed by atoms with van der Waals surface area (Å²) in [5.41, 5.74) is 3.01. The average Bonchev–Trinajstić information content (AvgIpc) is 3.52. The summed E-state index contributed by atoms with van der Waals surface area (Å²) in [6.07, 6.45) is 10.1. The van der Waals surface area contributed by atoms with Crippen molar-refractivity contribution in [2.45, 2.75) is 82.5 Å². The van der Waals surface area contributed by atoms with Crippen LogP contribution in [0.1, 0.15) is 91.3 Å². The molecule has 7 rings (SSSR count). The fourth-order valence-corrected chi connectivity index (χ4v) is 7.31. The highest BCUT2D eigenvalue weighted by atomic mass is 35.5. The number of halogens is 3. The van der Waals surface area contributed by atoms with Crippen molar-refractivity contribution >= 4 is 63.8 Å². The van der Waals surface area contributed by atoms with E-state index in [0.717, 1.165) is 74.5 Å². The number of hydrogen-bond acceptors (Lipinski definition) is 5. The number of hydrogen-bond donors (Lipinski definition) is 1. The molecule has 4 aliphatic rings. The molecule has 244 valence electrons. The first kappa shape index (κ1) is 33.4. The summed E-state index contributed by atoms with van der Waals surface area (Å²) in [6, 6.07) is 19.6. The number of carbonyl (C=O) groups excluding carboxylic acids is 3. The Morgan fingerprint density at radius 2 is 1.30 bits per heavy atom. The van der Waals surface area contributed by atoms with Gasteiger partial charge in [0.2, 0.25) is 0 Å². The van der Waals surface area contributed by atoms with E-state index in [1.165, 1.54) is 6.42 Å². The third kappa shape index (κ3) is 7.18. The normalized spacial score (nSPS) is 19.6. The van der Waals surface area contributed by atoms with Crippen molar-refractivity contribution in [1.82, 2.24) is 10.2 Å². The molecule has 0 atom stereocenters. The number of Topliss-reactive ketones (excluding diaryl/α,β-unsaturated/α-hetero) is 1. The molecular formula is C37H37Cl3N4O3. The van der Waals surface area contributed by atoms with Crippen LogP contribution in [0.15, 0.2) is 76.7 Å². The van der Waals surface area contributed by atoms with Crippen LogP contribution in [0.2, 0.25) is 15.1 Å². The monoisotopic (exact) mass is 690 g/mol. The number of aryl methyl sites for hydroxylation is 1. The van der Waals surface area contributed by atoms with Crippen LogP contribution in [0.4, 0.5) is 0 Å². The number of aliphatic imine (C=N–C) groups is 2. The second kappa shape index (κ2) is 13.9. The topological polar surface area (TPSA) is 91.2 Å². The van der Waals surface area contributed by atoms with E-state index in [9.17, 15) is 14.4 Å². The highest BCUT2D eigenvalue weighted by Crippen LogP contribution is 2.40. The lowest BCUT2D eigenvalue weighted by Gasteiger charge is -2.38. The van der Waals surface area contributed by atoms with Crippen LogP contribution in [0.3, 0.4) is 0 Å². The van der Waals surface area contributed by atoms with Crippen LogP contribution in [-0.4, -0.2) is 51.8 Å². The van der Waals surface area contributed by atoms with Gasteiger partial charge < -0.3 is 10.2 Å². The van der Waals surface area contributed by atoms with Gasteiger partial charge in [0.15, 0.2) is 5.78 Å². The zero-order valence-corrected chi connectivity index (χ0v) is 28.6. The van der Waals surface area contributed by atoms with Gasteiger partial charge in [-0.15, -0.1) is 0 Å². The number of carbonyl (C=O) groups is 3. The quantitative estimate of drug-likeness (QED) is 0.273. The molecule has 2 amide bonds. The average molecular weight is 692 g/mol. The van der Waals surface area contributed by atoms with E-state index >= 15 is 0 Å². The Labute approximate surface area is 290 Å². The van der Waals surface area contributed by atoms with Gasteiger partial charge in [-0.2, -0.15) is 0 Å². The van der Waals surface area contributed by atoms with Gasteiger partial charge in [0.25, 0.3) is 11.8 Å². The molecule has 3 aromatic carbocycles. The Bertz CT molecular complexity index is 1740. The van der Waals surface area contributed by atoms with Gasteiger partial charge in [-0.3, -0.25) is 24.4 Å². The third-order valence-electron chi connectivity index (χ3n) is 9.51. The molecule has 2 heterocycles. The van der Waals surface area contributed by atoms with Crippen LogP contribution in [0.25, 0.3) is 0 Å². The highest BCUT2D eigenvalue weighted by molar-refractivity contribution is 6.47. The zero-order valence-electron chi connectivity index (χ0n) is 26.3. The molecule has 3 aromatic rings. The predicted octanol–water partition coefficient (Wildman–Crippen LogP) is 8.40. The minimum Gasteiger partial charge on any atom is -0.326 e. The molecule has 47 heavy (non-hydrogen) atoms. The summed E-state index contributed by atoms with van der Waals surface area (Å²) in [4.78, 5) is 49.7. The number of nitrogens with zero attached hydrogens (tertiary/aromatic N) is 3. The molecule has 7 nitrogen and oxygen atoms in total. The maximum Gasteiger partial charge on any atom is 0.275 e. The van der Waals surface area contributed by atoms with E-state index in [2.05, 4.69) is 10.3 Å². The lowest BCUT2D eigenvalue weighted by atomic mass is 9.88. The standard InChI is InChI=1S/C23H22Cl2N2O2.C14H15ClN2O/c1-15-13-17(7-10-19(15)25)20(28)14-27-22(29)21(16-5-8-18(24)9-6-16)26-23(27)11-3-2-4-12-23;15-11-6-4-10(5-7-11)12-13(18)17-14(16-12)8-2-1-3-9-14/h5-10,13H,2-4,11-12,14H2,1H3;4-7H,1-3,8-9H2,(H,17,18).